The SMILES string of the molecule is CCC/C(C)=N/NC(=O)OC. The smallest absolute Gasteiger partial charge is 0.427 e. The molecule has 0 heterocycles. The van der Waals surface area contributed by atoms with E-state index in [1.165, 1.54) is 7.11 Å². The molecule has 1 N–H and O–H groups in total. The van der Waals surface area contributed by atoms with E-state index >= 15 is 0 Å². The molecule has 1 amide bonds. The summed E-state index contributed by atoms with van der Waals surface area (Å²) in [5, 5.41) is 3.78. The number of nitrogens with zero attached hydrogens (tertiary/aromatic N) is 1. The normalized spacial score (nSPS) is 11.0. The minimum atomic E-state index is -0.527. The average Bonchev–Trinajstić information content (AvgIpc) is 2.01. The number of hydrogen-bond acceptors (Lipinski definition) is 3. The van der Waals surface area contributed by atoms with E-state index in [0.29, 0.717) is 0 Å². The third-order valence-electron chi connectivity index (χ3n) is 1.14. The van der Waals surface area contributed by atoms with Gasteiger partial charge < -0.3 is 4.74 Å². The Morgan fingerprint density at radius 3 is 2.73 bits per heavy atom. The van der Waals surface area contributed by atoms with Crippen LogP contribution in [0.1, 0.15) is 26.7 Å². The van der Waals surface area contributed by atoms with Crippen molar-refractivity contribution in [3.05, 3.63) is 0 Å². The third kappa shape index (κ3) is 5.39. The molecule has 0 unspecified atom stereocenters. The van der Waals surface area contributed by atoms with Gasteiger partial charge in [0.1, 0.15) is 0 Å². The van der Waals surface area contributed by atoms with Gasteiger partial charge in [-0.2, -0.15) is 5.10 Å². The van der Waals surface area contributed by atoms with Crippen LogP contribution in [0.2, 0.25) is 0 Å². The molecule has 64 valence electrons. The van der Waals surface area contributed by atoms with Crippen LogP contribution in [0, 0.1) is 0 Å². The van der Waals surface area contributed by atoms with Crippen LogP contribution in [0.25, 0.3) is 0 Å². The van der Waals surface area contributed by atoms with E-state index in [2.05, 4.69) is 22.2 Å². The number of carbonyl (C=O) groups is 1. The third-order valence-corrected chi connectivity index (χ3v) is 1.14. The van der Waals surface area contributed by atoms with Crippen molar-refractivity contribution in [2.45, 2.75) is 26.7 Å². The van der Waals surface area contributed by atoms with E-state index in [1.807, 2.05) is 6.92 Å². The zero-order valence-corrected chi connectivity index (χ0v) is 7.18. The summed E-state index contributed by atoms with van der Waals surface area (Å²) in [7, 11) is 1.31. The monoisotopic (exact) mass is 158 g/mol. The number of hydrogen-bond donors (Lipinski definition) is 1. The summed E-state index contributed by atoms with van der Waals surface area (Å²) in [5.41, 5.74) is 3.14. The maximum Gasteiger partial charge on any atom is 0.427 e. The summed E-state index contributed by atoms with van der Waals surface area (Å²) in [4.78, 5) is 10.5. The molecule has 0 radical (unpaired) electrons. The highest BCUT2D eigenvalue weighted by atomic mass is 16.5. The van der Waals surface area contributed by atoms with Crippen LogP contribution in [0.3, 0.4) is 0 Å². The summed E-state index contributed by atoms with van der Waals surface area (Å²) in [6.07, 6.45) is 1.39. The molecule has 4 nitrogen and oxygen atoms in total. The van der Waals surface area contributed by atoms with E-state index in [0.717, 1.165) is 18.6 Å². The van der Waals surface area contributed by atoms with E-state index in [4.69, 9.17) is 0 Å². The number of hydrazone groups is 1. The van der Waals surface area contributed by atoms with E-state index in [1.54, 1.807) is 0 Å². The molecule has 0 bridgehead atoms. The second-order valence-electron chi connectivity index (χ2n) is 2.20. The van der Waals surface area contributed by atoms with Crippen molar-refractivity contribution in [1.82, 2.24) is 5.43 Å². The lowest BCUT2D eigenvalue weighted by molar-refractivity contribution is 0.171. The molecular formula is C7H14N2O2. The molecule has 0 aliphatic carbocycles. The van der Waals surface area contributed by atoms with Gasteiger partial charge in [-0.15, -0.1) is 0 Å². The van der Waals surface area contributed by atoms with Gasteiger partial charge in [0, 0.05) is 5.71 Å². The number of carbonyl (C=O) groups excluding carboxylic acids is 1. The van der Waals surface area contributed by atoms with Gasteiger partial charge >= 0.3 is 6.09 Å². The van der Waals surface area contributed by atoms with Gasteiger partial charge in [-0.05, 0) is 13.3 Å². The van der Waals surface area contributed by atoms with Crippen molar-refractivity contribution in [3.63, 3.8) is 0 Å². The number of nitrogens with one attached hydrogen (secondary N) is 1. The highest BCUT2D eigenvalue weighted by molar-refractivity contribution is 5.82. The van der Waals surface area contributed by atoms with Crippen molar-refractivity contribution < 1.29 is 9.53 Å². The van der Waals surface area contributed by atoms with Gasteiger partial charge in [0.15, 0.2) is 0 Å². The van der Waals surface area contributed by atoms with Gasteiger partial charge in [0.05, 0.1) is 7.11 Å². The van der Waals surface area contributed by atoms with Crippen LogP contribution >= 0.6 is 0 Å². The Hall–Kier alpha value is -1.06. The molecule has 0 aliphatic heterocycles. The van der Waals surface area contributed by atoms with Crippen molar-refractivity contribution in [2.75, 3.05) is 7.11 Å². The first-order valence-corrected chi connectivity index (χ1v) is 3.57. The number of rotatable bonds is 3. The van der Waals surface area contributed by atoms with Crippen molar-refractivity contribution in [2.24, 2.45) is 5.10 Å². The maximum atomic E-state index is 10.5. The molecule has 0 aliphatic rings. The fraction of sp³-hybridized carbons (Fsp3) is 0.714. The molecule has 0 spiro atoms. The lowest BCUT2D eigenvalue weighted by Gasteiger charge is -1.98. The van der Waals surface area contributed by atoms with Crippen molar-refractivity contribution >= 4 is 11.8 Å². The predicted molar refractivity (Wildman–Crippen MR) is 43.6 cm³/mol. The lowest BCUT2D eigenvalue weighted by atomic mass is 10.2. The Balaban J connectivity index is 3.63. The maximum absolute atomic E-state index is 10.5. The fourth-order valence-corrected chi connectivity index (χ4v) is 0.604. The topological polar surface area (TPSA) is 50.7 Å². The standard InChI is InChI=1S/C7H14N2O2/c1-4-5-6(2)8-9-7(10)11-3/h4-5H2,1-3H3,(H,9,10)/b8-6+. The zero-order chi connectivity index (χ0) is 8.69. The summed E-state index contributed by atoms with van der Waals surface area (Å²) < 4.78 is 4.32. The molecule has 0 aromatic rings. The zero-order valence-electron chi connectivity index (χ0n) is 7.18. The van der Waals surface area contributed by atoms with Crippen LogP contribution < -0.4 is 5.43 Å². The first-order valence-electron chi connectivity index (χ1n) is 3.57. The molecular weight excluding hydrogens is 144 g/mol. The fourth-order valence-electron chi connectivity index (χ4n) is 0.604. The Kier molecular flexibility index (Phi) is 5.15. The van der Waals surface area contributed by atoms with Gasteiger partial charge in [-0.3, -0.25) is 0 Å². The number of amides is 1. The minimum absolute atomic E-state index is 0.527. The summed E-state index contributed by atoms with van der Waals surface area (Å²) in [6, 6.07) is 0. The Morgan fingerprint density at radius 2 is 2.27 bits per heavy atom. The molecule has 0 atom stereocenters. The molecule has 11 heavy (non-hydrogen) atoms. The van der Waals surface area contributed by atoms with Gasteiger partial charge in [0.2, 0.25) is 0 Å². The molecule has 0 rings (SSSR count). The Labute approximate surface area is 66.6 Å². The summed E-state index contributed by atoms with van der Waals surface area (Å²) in [5.74, 6) is 0. The lowest BCUT2D eigenvalue weighted by Crippen LogP contribution is -2.18. The van der Waals surface area contributed by atoms with Gasteiger partial charge in [-0.1, -0.05) is 13.3 Å². The summed E-state index contributed by atoms with van der Waals surface area (Å²) in [6.45, 7) is 3.91. The highest BCUT2D eigenvalue weighted by Crippen LogP contribution is 1.89. The van der Waals surface area contributed by atoms with Crippen LogP contribution in [-0.4, -0.2) is 18.9 Å². The van der Waals surface area contributed by atoms with Gasteiger partial charge in [0.25, 0.3) is 0 Å². The van der Waals surface area contributed by atoms with Crippen LogP contribution in [-0.2, 0) is 4.74 Å². The van der Waals surface area contributed by atoms with E-state index in [-0.39, 0.29) is 0 Å². The quantitative estimate of drug-likeness (QED) is 0.500. The van der Waals surface area contributed by atoms with E-state index < -0.39 is 6.09 Å². The van der Waals surface area contributed by atoms with Crippen LogP contribution in [0.15, 0.2) is 5.10 Å². The second kappa shape index (κ2) is 5.70. The molecule has 0 saturated carbocycles. The molecule has 0 fully saturated rings. The Bertz CT molecular complexity index is 155. The molecule has 4 heteroatoms. The first-order chi connectivity index (χ1) is 5.20. The molecule has 0 aromatic carbocycles. The van der Waals surface area contributed by atoms with Gasteiger partial charge in [-0.25, -0.2) is 10.2 Å². The Morgan fingerprint density at radius 1 is 1.64 bits per heavy atom. The van der Waals surface area contributed by atoms with Crippen molar-refractivity contribution in [3.8, 4) is 0 Å². The van der Waals surface area contributed by atoms with Crippen LogP contribution in [0.4, 0.5) is 4.79 Å². The number of ether oxygens (including phenoxy) is 1. The highest BCUT2D eigenvalue weighted by Gasteiger charge is 1.94. The first kappa shape index (κ1) is 9.94. The predicted octanol–water partition coefficient (Wildman–Crippen LogP) is 1.52. The van der Waals surface area contributed by atoms with Crippen LogP contribution in [0.5, 0.6) is 0 Å². The second-order valence-corrected chi connectivity index (χ2v) is 2.20. The van der Waals surface area contributed by atoms with E-state index in [9.17, 15) is 4.79 Å². The average molecular weight is 158 g/mol. The van der Waals surface area contributed by atoms with Crippen molar-refractivity contribution in [1.29, 1.82) is 0 Å². The minimum Gasteiger partial charge on any atom is -0.452 e. The largest absolute Gasteiger partial charge is 0.452 e. The molecule has 0 saturated heterocycles. The summed E-state index contributed by atoms with van der Waals surface area (Å²) >= 11 is 0. The number of methoxy groups -OCH3 is 1. The molecule has 0 aromatic heterocycles.